The number of fused-ring (bicyclic) bond motifs is 3. The third-order valence-corrected chi connectivity index (χ3v) is 9.79. The molecular formula is C36H37BrN4O3. The molecule has 5 aromatic rings. The van der Waals surface area contributed by atoms with E-state index < -0.39 is 17.1 Å². The minimum absolute atomic E-state index is 0.0680. The molecule has 1 amide bonds. The lowest BCUT2D eigenvalue weighted by Crippen LogP contribution is -2.29. The second-order valence-electron chi connectivity index (χ2n) is 12.6. The van der Waals surface area contributed by atoms with Crippen LogP contribution in [0.15, 0.2) is 83.3 Å². The van der Waals surface area contributed by atoms with Crippen molar-refractivity contribution in [3.8, 4) is 11.4 Å². The van der Waals surface area contributed by atoms with Gasteiger partial charge >= 0.3 is 0 Å². The van der Waals surface area contributed by atoms with Crippen molar-refractivity contribution in [1.82, 2.24) is 19.9 Å². The van der Waals surface area contributed by atoms with Gasteiger partial charge in [0.2, 0.25) is 0 Å². The van der Waals surface area contributed by atoms with E-state index in [1.807, 2.05) is 49.4 Å². The topological polar surface area (TPSA) is 91.5 Å². The van der Waals surface area contributed by atoms with Crippen molar-refractivity contribution in [2.24, 2.45) is 0 Å². The van der Waals surface area contributed by atoms with E-state index in [1.165, 1.54) is 9.70 Å². The number of aliphatic hydroxyl groups is 1. The monoisotopic (exact) mass is 652 g/mol. The van der Waals surface area contributed by atoms with Crippen LogP contribution in [0.4, 0.5) is 0 Å². The number of aliphatic hydroxyl groups excluding tert-OH is 1. The fraction of sp³-hybridized carbons (Fsp3) is 0.306. The van der Waals surface area contributed by atoms with Gasteiger partial charge in [-0.15, -0.1) is 15.0 Å². The highest BCUT2D eigenvalue weighted by atomic mass is 79.9. The molecule has 226 valence electrons. The predicted octanol–water partition coefficient (Wildman–Crippen LogP) is 7.79. The molecule has 0 saturated heterocycles. The molecule has 0 fully saturated rings. The molecule has 0 saturated carbocycles. The van der Waals surface area contributed by atoms with Gasteiger partial charge in [-0.25, -0.2) is 0 Å². The second-order valence-corrected chi connectivity index (χ2v) is 13.5. The number of hydrogen-bond donors (Lipinski definition) is 2. The molecule has 0 spiro atoms. The number of phenolic OH excluding ortho intramolecular Hbond substituents is 1. The first-order valence-corrected chi connectivity index (χ1v) is 15.8. The van der Waals surface area contributed by atoms with Gasteiger partial charge in [0.15, 0.2) is 6.23 Å². The highest BCUT2D eigenvalue weighted by Crippen LogP contribution is 2.45. The number of halogens is 1. The zero-order valence-corrected chi connectivity index (χ0v) is 27.3. The average Bonchev–Trinajstić information content (AvgIpc) is 3.54. The SMILES string of the molecule is CCCCN1C(=O)c2c(c(Br)cc3nn(-c4cc(C(C)(C)c5ccccc5)cc(C(C)(C)c5ccccc5)c4O)nc23)C1O. The number of carbonyl (C=O) groups is 1. The smallest absolute Gasteiger partial charge is 0.258 e. The van der Waals surface area contributed by atoms with Crippen LogP contribution in [0.5, 0.6) is 5.75 Å². The van der Waals surface area contributed by atoms with Crippen molar-refractivity contribution >= 4 is 32.9 Å². The van der Waals surface area contributed by atoms with Gasteiger partial charge in [0.1, 0.15) is 22.5 Å². The third kappa shape index (κ3) is 4.81. The summed E-state index contributed by atoms with van der Waals surface area (Å²) in [7, 11) is 0. The van der Waals surface area contributed by atoms with Gasteiger partial charge in [-0.1, -0.05) is 124 Å². The Kier molecular flexibility index (Phi) is 7.62. The average molecular weight is 654 g/mol. The van der Waals surface area contributed by atoms with Gasteiger partial charge in [0.05, 0.1) is 5.56 Å². The summed E-state index contributed by atoms with van der Waals surface area (Å²) in [4.78, 5) is 16.5. The summed E-state index contributed by atoms with van der Waals surface area (Å²) in [5, 5.41) is 32.7. The molecule has 1 aliphatic heterocycles. The van der Waals surface area contributed by atoms with Gasteiger partial charge < -0.3 is 15.1 Å². The number of benzene rings is 4. The van der Waals surface area contributed by atoms with Gasteiger partial charge in [0, 0.05) is 33.0 Å². The van der Waals surface area contributed by atoms with Crippen molar-refractivity contribution in [3.05, 3.63) is 117 Å². The van der Waals surface area contributed by atoms with E-state index >= 15 is 0 Å². The number of carbonyl (C=O) groups excluding carboxylic acids is 1. The molecule has 6 rings (SSSR count). The largest absolute Gasteiger partial charge is 0.505 e. The normalized spacial score (nSPS) is 15.3. The quantitative estimate of drug-likeness (QED) is 0.179. The molecule has 0 aliphatic carbocycles. The van der Waals surface area contributed by atoms with E-state index in [1.54, 1.807) is 6.07 Å². The van der Waals surface area contributed by atoms with E-state index in [2.05, 4.69) is 74.0 Å². The van der Waals surface area contributed by atoms with Crippen molar-refractivity contribution in [3.63, 3.8) is 0 Å². The lowest BCUT2D eigenvalue weighted by Gasteiger charge is -2.32. The van der Waals surface area contributed by atoms with E-state index in [9.17, 15) is 15.0 Å². The molecule has 4 aromatic carbocycles. The van der Waals surface area contributed by atoms with Crippen LogP contribution < -0.4 is 0 Å². The molecule has 1 aromatic heterocycles. The first-order chi connectivity index (χ1) is 21.0. The maximum Gasteiger partial charge on any atom is 0.258 e. The van der Waals surface area contributed by atoms with Crippen LogP contribution in [-0.2, 0) is 10.8 Å². The number of nitrogens with zero attached hydrogens (tertiary/aromatic N) is 4. The zero-order valence-electron chi connectivity index (χ0n) is 25.7. The third-order valence-electron chi connectivity index (χ3n) is 9.14. The van der Waals surface area contributed by atoms with E-state index in [0.29, 0.717) is 38.9 Å². The van der Waals surface area contributed by atoms with Crippen molar-refractivity contribution < 1.29 is 15.0 Å². The van der Waals surface area contributed by atoms with Crippen LogP contribution in [-0.4, -0.2) is 42.6 Å². The van der Waals surface area contributed by atoms with Gasteiger partial charge in [0.25, 0.3) is 5.91 Å². The number of unbranched alkanes of at least 4 members (excludes halogenated alkanes) is 1. The van der Waals surface area contributed by atoms with Crippen LogP contribution in [0.25, 0.3) is 16.7 Å². The van der Waals surface area contributed by atoms with Crippen LogP contribution in [0.2, 0.25) is 0 Å². The first-order valence-electron chi connectivity index (χ1n) is 15.0. The van der Waals surface area contributed by atoms with Crippen molar-refractivity contribution in [2.75, 3.05) is 6.54 Å². The molecule has 44 heavy (non-hydrogen) atoms. The number of amides is 1. The predicted molar refractivity (Wildman–Crippen MR) is 176 cm³/mol. The van der Waals surface area contributed by atoms with Gasteiger partial charge in [-0.2, -0.15) is 0 Å². The Labute approximate surface area is 266 Å². The van der Waals surface area contributed by atoms with Gasteiger partial charge in [-0.05, 0) is 35.2 Å². The zero-order chi connectivity index (χ0) is 31.4. The Balaban J connectivity index is 1.58. The van der Waals surface area contributed by atoms with Crippen LogP contribution in [0.3, 0.4) is 0 Å². The lowest BCUT2D eigenvalue weighted by atomic mass is 9.72. The van der Waals surface area contributed by atoms with Gasteiger partial charge in [-0.3, -0.25) is 4.79 Å². The minimum Gasteiger partial charge on any atom is -0.505 e. The molecule has 1 aliphatic rings. The standard InChI is InChI=1S/C36H37BrN4O3/c1-6-7-18-40-33(43)29-26(37)21-27-31(30(29)34(40)44)39-41(38-27)28-20-24(35(2,3)22-14-10-8-11-15-22)19-25(32(28)42)36(4,5)23-16-12-9-13-17-23/h8-17,19-21,33,42-43H,6-7,18H2,1-5H3. The van der Waals surface area contributed by atoms with E-state index in [0.717, 1.165) is 35.1 Å². The second kappa shape index (κ2) is 11.2. The minimum atomic E-state index is -1.06. The summed E-state index contributed by atoms with van der Waals surface area (Å²) >= 11 is 3.57. The summed E-state index contributed by atoms with van der Waals surface area (Å²) in [6.07, 6.45) is 0.618. The maximum atomic E-state index is 13.6. The number of phenols is 1. The Morgan fingerprint density at radius 2 is 1.48 bits per heavy atom. The Bertz CT molecular complexity index is 1870. The Hall–Kier alpha value is -4.01. The van der Waals surface area contributed by atoms with E-state index in [-0.39, 0.29) is 11.7 Å². The fourth-order valence-electron chi connectivity index (χ4n) is 6.22. The molecule has 1 atom stereocenters. The molecule has 0 radical (unpaired) electrons. The summed E-state index contributed by atoms with van der Waals surface area (Å²) in [6.45, 7) is 11.0. The first kappa shape index (κ1) is 30.0. The number of rotatable bonds is 8. The maximum absolute atomic E-state index is 13.6. The van der Waals surface area contributed by atoms with Crippen molar-refractivity contribution in [2.45, 2.75) is 64.5 Å². The van der Waals surface area contributed by atoms with Crippen LogP contribution >= 0.6 is 15.9 Å². The summed E-state index contributed by atoms with van der Waals surface area (Å²) in [6, 6.07) is 26.2. The van der Waals surface area contributed by atoms with E-state index in [4.69, 9.17) is 10.2 Å². The summed E-state index contributed by atoms with van der Waals surface area (Å²) < 4.78 is 0.598. The Morgan fingerprint density at radius 1 is 0.864 bits per heavy atom. The van der Waals surface area contributed by atoms with Crippen molar-refractivity contribution in [1.29, 1.82) is 0 Å². The molecular weight excluding hydrogens is 616 g/mol. The summed E-state index contributed by atoms with van der Waals surface area (Å²) in [5.41, 5.74) is 5.09. The number of aromatic nitrogens is 3. The number of hydrogen-bond acceptors (Lipinski definition) is 5. The van der Waals surface area contributed by atoms with Crippen LogP contribution in [0, 0.1) is 0 Å². The molecule has 1 unspecified atom stereocenters. The molecule has 0 bridgehead atoms. The molecule has 8 heteroatoms. The molecule has 2 heterocycles. The Morgan fingerprint density at radius 3 is 2.09 bits per heavy atom. The highest BCUT2D eigenvalue weighted by molar-refractivity contribution is 9.10. The lowest BCUT2D eigenvalue weighted by molar-refractivity contribution is 0.0169. The van der Waals surface area contributed by atoms with Crippen LogP contribution in [0.1, 0.15) is 91.9 Å². The molecule has 2 N–H and O–H groups in total. The fourth-order valence-corrected chi connectivity index (χ4v) is 6.84. The molecule has 7 nitrogen and oxygen atoms in total. The highest BCUT2D eigenvalue weighted by Gasteiger charge is 2.40. The summed E-state index contributed by atoms with van der Waals surface area (Å²) in [5.74, 6) is -0.202. The number of aromatic hydroxyl groups is 1.